The van der Waals surface area contributed by atoms with Crippen molar-refractivity contribution in [3.8, 4) is 0 Å². The Kier molecular flexibility index (Phi) is 4.81. The van der Waals surface area contributed by atoms with Crippen LogP contribution in [0, 0.1) is 11.7 Å². The molecular weight excluding hydrogens is 239 g/mol. The summed E-state index contributed by atoms with van der Waals surface area (Å²) in [7, 11) is 1.98. The van der Waals surface area contributed by atoms with E-state index in [9.17, 15) is 4.39 Å². The first kappa shape index (κ1) is 14.3. The molecule has 1 aromatic carbocycles. The Labute approximate surface area is 116 Å². The number of hydrogen-bond acceptors (Lipinski definition) is 2. The van der Waals surface area contributed by atoms with Crippen LogP contribution in [0.2, 0.25) is 0 Å². The van der Waals surface area contributed by atoms with Gasteiger partial charge in [-0.25, -0.2) is 4.39 Å². The van der Waals surface area contributed by atoms with Gasteiger partial charge in [-0.15, -0.1) is 0 Å². The quantitative estimate of drug-likeness (QED) is 0.807. The van der Waals surface area contributed by atoms with Crippen LogP contribution >= 0.6 is 0 Å². The molecule has 1 aliphatic carbocycles. The predicted molar refractivity (Wildman–Crippen MR) is 79.1 cm³/mol. The number of nitrogens with zero attached hydrogens (tertiary/aromatic N) is 1. The number of rotatable bonds is 7. The molecule has 0 spiro atoms. The molecular formula is C16H25FN2. The molecule has 0 radical (unpaired) electrons. The Morgan fingerprint density at radius 2 is 2.16 bits per heavy atom. The zero-order valence-electron chi connectivity index (χ0n) is 12.2. The van der Waals surface area contributed by atoms with Crippen LogP contribution in [0.4, 0.5) is 10.1 Å². The Hall–Kier alpha value is -1.09. The van der Waals surface area contributed by atoms with Crippen molar-refractivity contribution in [1.29, 1.82) is 0 Å². The Morgan fingerprint density at radius 3 is 2.74 bits per heavy atom. The molecule has 1 saturated carbocycles. The Morgan fingerprint density at radius 1 is 1.42 bits per heavy atom. The van der Waals surface area contributed by atoms with Crippen molar-refractivity contribution in [2.75, 3.05) is 25.0 Å². The second kappa shape index (κ2) is 6.38. The molecule has 1 atom stereocenters. The zero-order valence-corrected chi connectivity index (χ0v) is 12.2. The van der Waals surface area contributed by atoms with Gasteiger partial charge in [0.05, 0.1) is 5.69 Å². The van der Waals surface area contributed by atoms with Crippen LogP contribution in [-0.4, -0.2) is 20.1 Å². The average molecular weight is 264 g/mol. The SMILES string of the molecule is CCCNC(C)c1ccc(N(C)CC2CC2)c(F)c1. The van der Waals surface area contributed by atoms with E-state index in [-0.39, 0.29) is 11.9 Å². The smallest absolute Gasteiger partial charge is 0.146 e. The van der Waals surface area contributed by atoms with Gasteiger partial charge in [-0.1, -0.05) is 13.0 Å². The van der Waals surface area contributed by atoms with E-state index in [0.717, 1.165) is 36.7 Å². The highest BCUT2D eigenvalue weighted by Gasteiger charge is 2.24. The van der Waals surface area contributed by atoms with E-state index in [0.29, 0.717) is 0 Å². The molecule has 0 saturated heterocycles. The van der Waals surface area contributed by atoms with Gasteiger partial charge in [0.15, 0.2) is 0 Å². The van der Waals surface area contributed by atoms with Crippen LogP contribution in [-0.2, 0) is 0 Å². The van der Waals surface area contributed by atoms with E-state index < -0.39 is 0 Å². The van der Waals surface area contributed by atoms with Crippen LogP contribution in [0.15, 0.2) is 18.2 Å². The van der Waals surface area contributed by atoms with Crippen LogP contribution in [0.1, 0.15) is 44.7 Å². The number of halogens is 1. The second-order valence-corrected chi connectivity index (χ2v) is 5.71. The zero-order chi connectivity index (χ0) is 13.8. The molecule has 0 heterocycles. The van der Waals surface area contributed by atoms with Crippen molar-refractivity contribution < 1.29 is 4.39 Å². The van der Waals surface area contributed by atoms with Gasteiger partial charge in [-0.05, 0) is 56.3 Å². The molecule has 0 bridgehead atoms. The summed E-state index contributed by atoms with van der Waals surface area (Å²) in [6.45, 7) is 6.15. The molecule has 1 unspecified atom stereocenters. The fourth-order valence-corrected chi connectivity index (χ4v) is 2.37. The largest absolute Gasteiger partial charge is 0.372 e. The van der Waals surface area contributed by atoms with E-state index in [1.807, 2.05) is 24.1 Å². The highest BCUT2D eigenvalue weighted by atomic mass is 19.1. The van der Waals surface area contributed by atoms with Crippen molar-refractivity contribution in [2.45, 2.75) is 39.2 Å². The third kappa shape index (κ3) is 3.93. The lowest BCUT2D eigenvalue weighted by Crippen LogP contribution is -2.22. The maximum absolute atomic E-state index is 14.2. The molecule has 1 fully saturated rings. The first-order valence-corrected chi connectivity index (χ1v) is 7.35. The molecule has 2 rings (SSSR count). The highest BCUT2D eigenvalue weighted by molar-refractivity contribution is 5.49. The fraction of sp³-hybridized carbons (Fsp3) is 0.625. The van der Waals surface area contributed by atoms with Crippen LogP contribution in [0.3, 0.4) is 0 Å². The standard InChI is InChI=1S/C16H25FN2/c1-4-9-18-12(2)14-7-8-16(15(17)10-14)19(3)11-13-5-6-13/h7-8,10,12-13,18H,4-6,9,11H2,1-3H3. The van der Waals surface area contributed by atoms with E-state index in [1.54, 1.807) is 6.07 Å². The first-order valence-electron chi connectivity index (χ1n) is 7.35. The van der Waals surface area contributed by atoms with E-state index in [2.05, 4.69) is 19.2 Å². The summed E-state index contributed by atoms with van der Waals surface area (Å²) in [6.07, 6.45) is 3.68. The molecule has 106 valence electrons. The maximum Gasteiger partial charge on any atom is 0.146 e. The number of benzene rings is 1. The summed E-state index contributed by atoms with van der Waals surface area (Å²) in [5.41, 5.74) is 1.74. The van der Waals surface area contributed by atoms with Crippen molar-refractivity contribution in [1.82, 2.24) is 5.32 Å². The maximum atomic E-state index is 14.2. The third-order valence-electron chi connectivity index (χ3n) is 3.81. The number of anilines is 1. The summed E-state index contributed by atoms with van der Waals surface area (Å²) in [6, 6.07) is 5.83. The van der Waals surface area contributed by atoms with Crippen LogP contribution < -0.4 is 10.2 Å². The van der Waals surface area contributed by atoms with Gasteiger partial charge in [0.2, 0.25) is 0 Å². The lowest BCUT2D eigenvalue weighted by molar-refractivity contribution is 0.561. The second-order valence-electron chi connectivity index (χ2n) is 5.71. The highest BCUT2D eigenvalue weighted by Crippen LogP contribution is 2.32. The molecule has 3 heteroatoms. The van der Waals surface area contributed by atoms with Crippen LogP contribution in [0.5, 0.6) is 0 Å². The third-order valence-corrected chi connectivity index (χ3v) is 3.81. The number of hydrogen-bond donors (Lipinski definition) is 1. The summed E-state index contributed by atoms with van der Waals surface area (Å²) in [4.78, 5) is 2.04. The minimum Gasteiger partial charge on any atom is -0.372 e. The molecule has 2 nitrogen and oxygen atoms in total. The normalized spacial score (nSPS) is 16.4. The summed E-state index contributed by atoms with van der Waals surface area (Å²) in [5, 5.41) is 3.39. The lowest BCUT2D eigenvalue weighted by atomic mass is 10.1. The van der Waals surface area contributed by atoms with Gasteiger partial charge in [0.1, 0.15) is 5.82 Å². The monoisotopic (exact) mass is 264 g/mol. The van der Waals surface area contributed by atoms with Gasteiger partial charge in [-0.3, -0.25) is 0 Å². The Balaban J connectivity index is 2.02. The van der Waals surface area contributed by atoms with Gasteiger partial charge in [-0.2, -0.15) is 0 Å². The van der Waals surface area contributed by atoms with Gasteiger partial charge < -0.3 is 10.2 Å². The van der Waals surface area contributed by atoms with E-state index in [4.69, 9.17) is 0 Å². The molecule has 0 amide bonds. The predicted octanol–water partition coefficient (Wildman–Crippen LogP) is 3.73. The average Bonchev–Trinajstić information content (AvgIpc) is 3.19. The molecule has 0 aliphatic heterocycles. The molecule has 19 heavy (non-hydrogen) atoms. The summed E-state index contributed by atoms with van der Waals surface area (Å²) in [5.74, 6) is 0.667. The lowest BCUT2D eigenvalue weighted by Gasteiger charge is -2.21. The van der Waals surface area contributed by atoms with Crippen molar-refractivity contribution in [3.05, 3.63) is 29.6 Å². The fourth-order valence-electron chi connectivity index (χ4n) is 2.37. The topological polar surface area (TPSA) is 15.3 Å². The van der Waals surface area contributed by atoms with Crippen molar-refractivity contribution in [3.63, 3.8) is 0 Å². The van der Waals surface area contributed by atoms with Crippen LogP contribution in [0.25, 0.3) is 0 Å². The minimum atomic E-state index is -0.106. The molecule has 1 aliphatic rings. The first-order chi connectivity index (χ1) is 9.11. The minimum absolute atomic E-state index is 0.106. The van der Waals surface area contributed by atoms with E-state index in [1.165, 1.54) is 12.8 Å². The molecule has 1 aromatic rings. The molecule has 0 aromatic heterocycles. The van der Waals surface area contributed by atoms with Crippen molar-refractivity contribution in [2.24, 2.45) is 5.92 Å². The summed E-state index contributed by atoms with van der Waals surface area (Å²) >= 11 is 0. The van der Waals surface area contributed by atoms with Gasteiger partial charge in [0, 0.05) is 19.6 Å². The van der Waals surface area contributed by atoms with Gasteiger partial charge in [0.25, 0.3) is 0 Å². The molecule has 1 N–H and O–H groups in total. The Bertz CT molecular complexity index is 415. The number of nitrogens with one attached hydrogen (secondary N) is 1. The van der Waals surface area contributed by atoms with Gasteiger partial charge >= 0.3 is 0 Å². The van der Waals surface area contributed by atoms with E-state index >= 15 is 0 Å². The summed E-state index contributed by atoms with van der Waals surface area (Å²) < 4.78 is 14.2. The van der Waals surface area contributed by atoms with Crippen molar-refractivity contribution >= 4 is 5.69 Å².